The lowest BCUT2D eigenvalue weighted by molar-refractivity contribution is -0.148. The summed E-state index contributed by atoms with van der Waals surface area (Å²) in [5.74, 6) is -4.12. The lowest BCUT2D eigenvalue weighted by atomic mass is 9.75. The summed E-state index contributed by atoms with van der Waals surface area (Å²) in [6, 6.07) is 18.0. The summed E-state index contributed by atoms with van der Waals surface area (Å²) in [7, 11) is 0. The zero-order valence-electron chi connectivity index (χ0n) is 42.3. The third-order valence-electron chi connectivity index (χ3n) is 11.7. The maximum Gasteiger partial charge on any atom is 0.344 e. The molecule has 3 aromatic rings. The first-order valence-corrected chi connectivity index (χ1v) is 23.8. The van der Waals surface area contributed by atoms with Gasteiger partial charge in [0.05, 0.1) is 43.7 Å². The summed E-state index contributed by atoms with van der Waals surface area (Å²) >= 11 is 0. The molecule has 0 saturated heterocycles. The molecule has 0 spiro atoms. The number of rotatable bonds is 24. The van der Waals surface area contributed by atoms with Crippen LogP contribution in [0.2, 0.25) is 0 Å². The van der Waals surface area contributed by atoms with Crippen molar-refractivity contribution in [3.63, 3.8) is 0 Å². The predicted octanol–water partition coefficient (Wildman–Crippen LogP) is 12.4. The van der Waals surface area contributed by atoms with E-state index in [9.17, 15) is 61.3 Å². The maximum absolute atomic E-state index is 13.2. The predicted molar refractivity (Wildman–Crippen MR) is 269 cm³/mol. The van der Waals surface area contributed by atoms with Crippen molar-refractivity contribution < 1.29 is 79.0 Å². The van der Waals surface area contributed by atoms with Gasteiger partial charge in [0, 0.05) is 11.3 Å². The van der Waals surface area contributed by atoms with Crippen LogP contribution in [-0.2, 0) is 28.5 Å². The van der Waals surface area contributed by atoms with E-state index in [1.807, 2.05) is 36.4 Å². The zero-order chi connectivity index (χ0) is 57.0. The highest BCUT2D eigenvalue weighted by molar-refractivity contribution is 5.90. The molecule has 0 bridgehead atoms. The number of carbonyl (C=O) groups excluding carboxylic acids is 3. The summed E-state index contributed by atoms with van der Waals surface area (Å²) in [6.07, 6.45) is 7.20. The number of aliphatic carboxylic acids is 1. The van der Waals surface area contributed by atoms with Gasteiger partial charge in [-0.3, -0.25) is 9.59 Å². The van der Waals surface area contributed by atoms with Gasteiger partial charge in [0.1, 0.15) is 54.1 Å². The standard InChI is InChI=1S/C57H50F6N4O11/c1-56(2)31-37(6-4-7-46-45(35-66)49(41(33-64)34-65)78-57(46,3)24-5-27-73-48(70)23-22-47(68)69)30-38(32-56)9-8-36-10-16-42(17-11-36)67(25-28-74-54(71)39-12-18-43(19-13-39)76-52(62)50(58)59)26-29-75-55(72)40-14-20-44(21-15-40)77-53(63)51(60)61/h4,6-21,30H,5,22-29,31-32H2,1-3H3,(H,68,69)/b7-4+,9-8+,37-6+. The van der Waals surface area contributed by atoms with E-state index in [1.54, 1.807) is 48.2 Å². The van der Waals surface area contributed by atoms with E-state index in [4.69, 9.17) is 24.1 Å². The monoisotopic (exact) mass is 1080 g/mol. The van der Waals surface area contributed by atoms with E-state index in [0.29, 0.717) is 17.7 Å². The van der Waals surface area contributed by atoms with Gasteiger partial charge in [-0.05, 0) is 115 Å². The lowest BCUT2D eigenvalue weighted by Gasteiger charge is -2.30. The van der Waals surface area contributed by atoms with Crippen molar-refractivity contribution in [3.05, 3.63) is 178 Å². The number of nitriles is 3. The molecule has 15 nitrogen and oxygen atoms in total. The molecular formula is C57H50F6N4O11. The second kappa shape index (κ2) is 28.0. The number of halogens is 6. The van der Waals surface area contributed by atoms with Crippen molar-refractivity contribution in [3.8, 4) is 29.7 Å². The van der Waals surface area contributed by atoms with E-state index >= 15 is 0 Å². The molecule has 1 unspecified atom stereocenters. The molecule has 406 valence electrons. The Hall–Kier alpha value is -9.29. The summed E-state index contributed by atoms with van der Waals surface area (Å²) in [5, 5.41) is 38.3. The molecule has 0 aromatic heterocycles. The molecule has 0 amide bonds. The number of ether oxygens (including phenoxy) is 6. The van der Waals surface area contributed by atoms with Crippen molar-refractivity contribution >= 4 is 35.6 Å². The van der Waals surface area contributed by atoms with E-state index in [1.165, 1.54) is 24.3 Å². The van der Waals surface area contributed by atoms with E-state index in [0.717, 1.165) is 47.4 Å². The third-order valence-corrected chi connectivity index (χ3v) is 11.7. The van der Waals surface area contributed by atoms with Gasteiger partial charge < -0.3 is 38.4 Å². The number of carboxylic acids is 1. The first kappa shape index (κ1) is 59.6. The number of benzene rings is 3. The Balaban J connectivity index is 1.31. The van der Waals surface area contributed by atoms with Gasteiger partial charge in [0.25, 0.3) is 0 Å². The van der Waals surface area contributed by atoms with Crippen LogP contribution in [0, 0.1) is 39.4 Å². The van der Waals surface area contributed by atoms with Gasteiger partial charge in [-0.2, -0.15) is 42.1 Å². The number of hydrogen-bond donors (Lipinski definition) is 1. The van der Waals surface area contributed by atoms with Crippen LogP contribution in [0.1, 0.15) is 85.6 Å². The minimum absolute atomic E-state index is 0.00989. The number of carboxylic acid groups (broad SMARTS) is 1. The Morgan fingerprint density at radius 2 is 1.26 bits per heavy atom. The quantitative estimate of drug-likeness (QED) is 0.0220. The van der Waals surface area contributed by atoms with Crippen molar-refractivity contribution in [2.45, 2.75) is 64.9 Å². The van der Waals surface area contributed by atoms with Crippen LogP contribution in [0.15, 0.2) is 161 Å². The molecule has 1 atom stereocenters. The van der Waals surface area contributed by atoms with Crippen molar-refractivity contribution in [1.29, 1.82) is 15.8 Å². The van der Waals surface area contributed by atoms with E-state index in [2.05, 4.69) is 29.4 Å². The van der Waals surface area contributed by atoms with Gasteiger partial charge in [0.2, 0.25) is 0 Å². The first-order valence-electron chi connectivity index (χ1n) is 23.8. The molecule has 5 rings (SSSR count). The zero-order valence-corrected chi connectivity index (χ0v) is 42.3. The highest BCUT2D eigenvalue weighted by Crippen LogP contribution is 2.44. The number of nitrogens with zero attached hydrogens (tertiary/aromatic N) is 4. The smallest absolute Gasteiger partial charge is 0.344 e. The molecule has 1 aliphatic carbocycles. The van der Waals surface area contributed by atoms with Crippen LogP contribution >= 0.6 is 0 Å². The molecular weight excluding hydrogens is 1030 g/mol. The molecule has 0 radical (unpaired) electrons. The van der Waals surface area contributed by atoms with E-state index in [-0.39, 0.29) is 104 Å². The molecule has 2 aliphatic rings. The lowest BCUT2D eigenvalue weighted by Crippen LogP contribution is -2.32. The average molecular weight is 1080 g/mol. The molecule has 1 heterocycles. The highest BCUT2D eigenvalue weighted by Gasteiger charge is 2.42. The minimum Gasteiger partial charge on any atom is -0.481 e. The van der Waals surface area contributed by atoms with Crippen LogP contribution in [0.5, 0.6) is 11.5 Å². The number of hydrogen-bond acceptors (Lipinski definition) is 14. The molecule has 0 fully saturated rings. The van der Waals surface area contributed by atoms with Gasteiger partial charge in [-0.1, -0.05) is 62.4 Å². The van der Waals surface area contributed by atoms with Gasteiger partial charge >= 0.3 is 48.1 Å². The van der Waals surface area contributed by atoms with Crippen LogP contribution < -0.4 is 14.4 Å². The Morgan fingerprint density at radius 3 is 1.76 bits per heavy atom. The molecule has 1 N–H and O–H groups in total. The molecule has 3 aromatic carbocycles. The SMILES string of the molecule is CC1(C)CC(/C=C/c2ccc(N(CCOC(=O)c3ccc(OC(F)=C(F)F)cc3)CCOC(=O)c3ccc(OC(F)=C(F)F)cc3)cc2)=CC(=C\C=C\C2=C(C#N)C(=C(C#N)C#N)OC2(C)CCCOC(=O)CCC(=O)O)/C1. The topological polar surface area (TPSA) is 218 Å². The second-order valence-corrected chi connectivity index (χ2v) is 18.2. The molecule has 1 aliphatic heterocycles. The number of carbonyl (C=O) groups is 4. The van der Waals surface area contributed by atoms with E-state index < -0.39 is 53.7 Å². The Bertz CT molecular complexity index is 3010. The Labute approximate surface area is 444 Å². The average Bonchev–Trinajstić information content (AvgIpc) is 3.76. The second-order valence-electron chi connectivity index (χ2n) is 18.2. The van der Waals surface area contributed by atoms with Crippen LogP contribution in [0.25, 0.3) is 6.08 Å². The fraction of sp³-hybridized carbons (Fsp3) is 0.281. The van der Waals surface area contributed by atoms with Crippen molar-refractivity contribution in [2.75, 3.05) is 37.8 Å². The highest BCUT2D eigenvalue weighted by atomic mass is 19.3. The molecule has 78 heavy (non-hydrogen) atoms. The number of esters is 3. The normalized spacial score (nSPS) is 16.0. The summed E-state index contributed by atoms with van der Waals surface area (Å²) < 4.78 is 107. The minimum atomic E-state index is -2.65. The number of allylic oxidation sites excluding steroid dienone is 8. The summed E-state index contributed by atoms with van der Waals surface area (Å²) in [4.78, 5) is 50.3. The van der Waals surface area contributed by atoms with Crippen LogP contribution in [-0.4, -0.2) is 67.5 Å². The van der Waals surface area contributed by atoms with Crippen molar-refractivity contribution in [1.82, 2.24) is 0 Å². The first-order chi connectivity index (χ1) is 37.1. The Kier molecular flexibility index (Phi) is 21.4. The fourth-order valence-electron chi connectivity index (χ4n) is 8.08. The molecule has 21 heteroatoms. The van der Waals surface area contributed by atoms with Gasteiger partial charge in [-0.25, -0.2) is 9.59 Å². The van der Waals surface area contributed by atoms with Gasteiger partial charge in [-0.15, -0.1) is 0 Å². The largest absolute Gasteiger partial charge is 0.481 e. The maximum atomic E-state index is 13.2. The molecule has 0 saturated carbocycles. The number of anilines is 1. The third kappa shape index (κ3) is 17.7. The van der Waals surface area contributed by atoms with Crippen molar-refractivity contribution in [2.24, 2.45) is 5.41 Å². The summed E-state index contributed by atoms with van der Waals surface area (Å²) in [6.45, 7) is 5.69. The van der Waals surface area contributed by atoms with Crippen LogP contribution in [0.4, 0.5) is 32.0 Å². The fourth-order valence-corrected chi connectivity index (χ4v) is 8.08. The van der Waals surface area contributed by atoms with Crippen LogP contribution in [0.3, 0.4) is 0 Å². The summed E-state index contributed by atoms with van der Waals surface area (Å²) in [5.41, 5.74) is 2.11. The Morgan fingerprint density at radius 1 is 0.705 bits per heavy atom. The van der Waals surface area contributed by atoms with Gasteiger partial charge in [0.15, 0.2) is 11.3 Å².